The molecule has 0 aliphatic heterocycles. The summed E-state index contributed by atoms with van der Waals surface area (Å²) < 4.78 is 28.4. The number of fused-ring (bicyclic) bond motifs is 1. The summed E-state index contributed by atoms with van der Waals surface area (Å²) in [7, 11) is 0. The van der Waals surface area contributed by atoms with E-state index in [1.54, 1.807) is 22.9 Å². The highest BCUT2D eigenvalue weighted by Gasteiger charge is 2.13. The van der Waals surface area contributed by atoms with Crippen LogP contribution in [0.4, 0.5) is 8.78 Å². The van der Waals surface area contributed by atoms with Crippen LogP contribution in [0, 0.1) is 11.6 Å². The fraction of sp³-hybridized carbons (Fsp3) is 0. The quantitative estimate of drug-likeness (QED) is 0.644. The molecule has 3 rings (SSSR count). The minimum absolute atomic E-state index is 0.172. The summed E-state index contributed by atoms with van der Waals surface area (Å²) in [5.74, 6) is -1.30. The van der Waals surface area contributed by atoms with Gasteiger partial charge in [0.2, 0.25) is 5.78 Å². The number of aromatic nitrogens is 3. The second-order valence-electron chi connectivity index (χ2n) is 3.53. The molecular weight excluding hydrogens is 224 g/mol. The van der Waals surface area contributed by atoms with Crippen LogP contribution < -0.4 is 0 Å². The van der Waals surface area contributed by atoms with Crippen LogP contribution in [0.25, 0.3) is 17.0 Å². The Kier molecular flexibility index (Phi) is 2.11. The molecule has 0 spiro atoms. The molecule has 0 aliphatic carbocycles. The lowest BCUT2D eigenvalue weighted by atomic mass is 10.1. The van der Waals surface area contributed by atoms with Gasteiger partial charge in [0.1, 0.15) is 0 Å². The van der Waals surface area contributed by atoms with Crippen LogP contribution >= 0.6 is 0 Å². The molecule has 0 aliphatic rings. The highest BCUT2D eigenvalue weighted by molar-refractivity contribution is 5.63. The highest BCUT2D eigenvalue weighted by Crippen LogP contribution is 2.24. The largest absolute Gasteiger partial charge is 0.284 e. The Labute approximate surface area is 95.4 Å². The minimum Gasteiger partial charge on any atom is -0.284 e. The van der Waals surface area contributed by atoms with Crippen molar-refractivity contribution in [1.29, 1.82) is 0 Å². The zero-order valence-corrected chi connectivity index (χ0v) is 8.64. The van der Waals surface area contributed by atoms with Crippen molar-refractivity contribution in [2.24, 2.45) is 0 Å². The van der Waals surface area contributed by atoms with Gasteiger partial charge in [0.05, 0.1) is 11.9 Å². The molecule has 0 bridgehead atoms. The van der Waals surface area contributed by atoms with E-state index < -0.39 is 11.6 Å². The van der Waals surface area contributed by atoms with Crippen molar-refractivity contribution in [2.45, 2.75) is 0 Å². The third kappa shape index (κ3) is 1.47. The number of imidazole rings is 1. The van der Waals surface area contributed by atoms with Crippen LogP contribution in [0.3, 0.4) is 0 Å². The molecule has 0 radical (unpaired) electrons. The average Bonchev–Trinajstić information content (AvgIpc) is 2.77. The van der Waals surface area contributed by atoms with Crippen molar-refractivity contribution in [1.82, 2.24) is 14.4 Å². The molecule has 0 saturated heterocycles. The van der Waals surface area contributed by atoms with Crippen molar-refractivity contribution < 1.29 is 8.78 Å². The fourth-order valence-electron chi connectivity index (χ4n) is 1.73. The number of halogens is 2. The van der Waals surface area contributed by atoms with E-state index in [2.05, 4.69) is 9.97 Å². The summed E-state index contributed by atoms with van der Waals surface area (Å²) in [5.41, 5.74) is 0.649. The van der Waals surface area contributed by atoms with E-state index in [-0.39, 0.29) is 5.56 Å². The fourth-order valence-corrected chi connectivity index (χ4v) is 1.73. The van der Waals surface area contributed by atoms with Gasteiger partial charge >= 0.3 is 0 Å². The third-order valence-corrected chi connectivity index (χ3v) is 2.52. The topological polar surface area (TPSA) is 30.2 Å². The Hall–Kier alpha value is -2.30. The predicted octanol–water partition coefficient (Wildman–Crippen LogP) is 2.67. The van der Waals surface area contributed by atoms with E-state index in [0.29, 0.717) is 11.5 Å². The van der Waals surface area contributed by atoms with Gasteiger partial charge in [-0.25, -0.2) is 18.7 Å². The van der Waals surface area contributed by atoms with Gasteiger partial charge in [-0.15, -0.1) is 0 Å². The predicted molar refractivity (Wildman–Crippen MR) is 58.3 cm³/mol. The van der Waals surface area contributed by atoms with Gasteiger partial charge in [0.25, 0.3) is 0 Å². The van der Waals surface area contributed by atoms with Gasteiger partial charge < -0.3 is 0 Å². The number of benzene rings is 1. The van der Waals surface area contributed by atoms with Crippen molar-refractivity contribution in [3.8, 4) is 11.3 Å². The van der Waals surface area contributed by atoms with Gasteiger partial charge in [-0.1, -0.05) is 6.07 Å². The normalized spacial score (nSPS) is 10.9. The Bertz CT molecular complexity index is 691. The summed E-state index contributed by atoms with van der Waals surface area (Å²) in [4.78, 5) is 8.04. The zero-order chi connectivity index (χ0) is 11.8. The van der Waals surface area contributed by atoms with Gasteiger partial charge in [-0.3, -0.25) is 4.40 Å². The van der Waals surface area contributed by atoms with Crippen LogP contribution in [0.5, 0.6) is 0 Å². The van der Waals surface area contributed by atoms with Gasteiger partial charge in [-0.2, -0.15) is 0 Å². The summed E-state index contributed by atoms with van der Waals surface area (Å²) in [6.07, 6.45) is 4.77. The first-order valence-electron chi connectivity index (χ1n) is 5.00. The van der Waals surface area contributed by atoms with E-state index in [1.807, 2.05) is 0 Å². The highest BCUT2D eigenvalue weighted by atomic mass is 19.2. The van der Waals surface area contributed by atoms with Crippen LogP contribution in [0.1, 0.15) is 0 Å². The SMILES string of the molecule is Fc1cccc(-c2cnc3ncccn23)c1F. The second-order valence-corrected chi connectivity index (χ2v) is 3.53. The average molecular weight is 231 g/mol. The number of nitrogens with zero attached hydrogens (tertiary/aromatic N) is 3. The Morgan fingerprint density at radius 3 is 2.82 bits per heavy atom. The smallest absolute Gasteiger partial charge is 0.234 e. The van der Waals surface area contributed by atoms with E-state index in [0.717, 1.165) is 6.07 Å². The first-order chi connectivity index (χ1) is 8.27. The summed E-state index contributed by atoms with van der Waals surface area (Å²) in [5, 5.41) is 0. The molecule has 0 saturated carbocycles. The standard InChI is InChI=1S/C12H7F2N3/c13-9-4-1-3-8(11(9)14)10-7-16-12-15-5-2-6-17(10)12/h1-7H. The molecule has 0 fully saturated rings. The molecule has 5 heteroatoms. The van der Waals surface area contributed by atoms with E-state index in [9.17, 15) is 8.78 Å². The zero-order valence-electron chi connectivity index (χ0n) is 8.64. The Balaban J connectivity index is 2.31. The molecule has 0 N–H and O–H groups in total. The van der Waals surface area contributed by atoms with Gasteiger partial charge in [0.15, 0.2) is 11.6 Å². The molecule has 0 atom stereocenters. The summed E-state index contributed by atoms with van der Waals surface area (Å²) in [6, 6.07) is 5.76. The van der Waals surface area contributed by atoms with Crippen molar-refractivity contribution in [3.63, 3.8) is 0 Å². The maximum atomic E-state index is 13.7. The molecule has 0 amide bonds. The lowest BCUT2D eigenvalue weighted by molar-refractivity contribution is 0.511. The number of hydrogen-bond acceptors (Lipinski definition) is 2. The maximum Gasteiger partial charge on any atom is 0.234 e. The molecule has 84 valence electrons. The van der Waals surface area contributed by atoms with E-state index >= 15 is 0 Å². The van der Waals surface area contributed by atoms with E-state index in [1.165, 1.54) is 18.3 Å². The lowest BCUT2D eigenvalue weighted by Crippen LogP contribution is -1.93. The molecule has 17 heavy (non-hydrogen) atoms. The van der Waals surface area contributed by atoms with Crippen LogP contribution in [0.15, 0.2) is 42.9 Å². The van der Waals surface area contributed by atoms with Crippen molar-refractivity contribution in [2.75, 3.05) is 0 Å². The second kappa shape index (κ2) is 3.62. The first-order valence-corrected chi connectivity index (χ1v) is 5.00. The minimum atomic E-state index is -0.877. The van der Waals surface area contributed by atoms with Crippen LogP contribution in [-0.4, -0.2) is 14.4 Å². The Morgan fingerprint density at radius 2 is 1.94 bits per heavy atom. The Morgan fingerprint density at radius 1 is 1.06 bits per heavy atom. The van der Waals surface area contributed by atoms with Crippen LogP contribution in [0.2, 0.25) is 0 Å². The first kappa shape index (κ1) is 9.89. The van der Waals surface area contributed by atoms with Gasteiger partial charge in [-0.05, 0) is 18.2 Å². The van der Waals surface area contributed by atoms with Gasteiger partial charge in [0, 0.05) is 18.0 Å². The molecule has 0 unspecified atom stereocenters. The molecular formula is C12H7F2N3. The summed E-state index contributed by atoms with van der Waals surface area (Å²) >= 11 is 0. The summed E-state index contributed by atoms with van der Waals surface area (Å²) in [6.45, 7) is 0. The maximum absolute atomic E-state index is 13.7. The third-order valence-electron chi connectivity index (χ3n) is 2.52. The molecule has 2 aromatic heterocycles. The number of hydrogen-bond donors (Lipinski definition) is 0. The number of rotatable bonds is 1. The van der Waals surface area contributed by atoms with Crippen molar-refractivity contribution >= 4 is 5.78 Å². The van der Waals surface area contributed by atoms with E-state index in [4.69, 9.17) is 0 Å². The molecule has 2 heterocycles. The molecule has 3 nitrogen and oxygen atoms in total. The van der Waals surface area contributed by atoms with Crippen molar-refractivity contribution in [3.05, 3.63) is 54.5 Å². The monoisotopic (exact) mass is 231 g/mol. The molecule has 1 aromatic carbocycles. The van der Waals surface area contributed by atoms with Crippen LogP contribution in [-0.2, 0) is 0 Å². The lowest BCUT2D eigenvalue weighted by Gasteiger charge is -2.03. The molecule has 3 aromatic rings.